The van der Waals surface area contributed by atoms with Gasteiger partial charge in [-0.05, 0) is 18.4 Å². The van der Waals surface area contributed by atoms with E-state index in [9.17, 15) is 0 Å². The van der Waals surface area contributed by atoms with E-state index in [0.29, 0.717) is 6.42 Å². The van der Waals surface area contributed by atoms with Crippen LogP contribution in [-0.2, 0) is 19.4 Å². The lowest BCUT2D eigenvalue weighted by atomic mass is 10.1. The lowest BCUT2D eigenvalue weighted by Gasteiger charge is -2.03. The fourth-order valence-electron chi connectivity index (χ4n) is 1.60. The Bertz CT molecular complexity index is 337. The zero-order valence-electron chi connectivity index (χ0n) is 8.95. The van der Waals surface area contributed by atoms with Crippen molar-refractivity contribution in [3.05, 3.63) is 29.6 Å². The van der Waals surface area contributed by atoms with Gasteiger partial charge in [0, 0.05) is 11.6 Å². The first kappa shape index (κ1) is 10.7. The molecule has 0 aliphatic heterocycles. The van der Waals surface area contributed by atoms with Gasteiger partial charge in [0.15, 0.2) is 18.9 Å². The van der Waals surface area contributed by atoms with Gasteiger partial charge < -0.3 is 0 Å². The molecule has 1 heterocycles. The van der Waals surface area contributed by atoms with Crippen LogP contribution in [0.2, 0.25) is 0 Å². The molecule has 0 aromatic carbocycles. The van der Waals surface area contributed by atoms with Crippen molar-refractivity contribution in [3.63, 3.8) is 0 Å². The maximum Gasteiger partial charge on any atom is 0.172 e. The Morgan fingerprint density at radius 2 is 2.00 bits per heavy atom. The first-order chi connectivity index (χ1) is 6.81. The molecule has 0 radical (unpaired) electrons. The van der Waals surface area contributed by atoms with Crippen LogP contribution in [-0.4, -0.2) is 0 Å². The Morgan fingerprint density at radius 1 is 1.29 bits per heavy atom. The Labute approximate surface area is 85.8 Å². The summed E-state index contributed by atoms with van der Waals surface area (Å²) >= 11 is 0. The van der Waals surface area contributed by atoms with Crippen LogP contribution in [0, 0.1) is 11.3 Å². The van der Waals surface area contributed by atoms with Gasteiger partial charge in [-0.15, -0.1) is 0 Å². The molecule has 2 nitrogen and oxygen atoms in total. The van der Waals surface area contributed by atoms with Crippen LogP contribution in [0.5, 0.6) is 0 Å². The number of nitriles is 1. The van der Waals surface area contributed by atoms with E-state index in [1.54, 1.807) is 0 Å². The van der Waals surface area contributed by atoms with Crippen molar-refractivity contribution in [1.29, 1.82) is 5.26 Å². The first-order valence-corrected chi connectivity index (χ1v) is 5.19. The Kier molecular flexibility index (Phi) is 4.12. The topological polar surface area (TPSA) is 27.7 Å². The highest BCUT2D eigenvalue weighted by atomic mass is 14.9. The van der Waals surface area contributed by atoms with E-state index >= 15 is 0 Å². The van der Waals surface area contributed by atoms with Gasteiger partial charge in [-0.2, -0.15) is 5.26 Å². The lowest BCUT2D eigenvalue weighted by molar-refractivity contribution is -0.696. The van der Waals surface area contributed by atoms with Gasteiger partial charge in [-0.25, -0.2) is 4.57 Å². The van der Waals surface area contributed by atoms with E-state index in [0.717, 1.165) is 19.4 Å². The summed E-state index contributed by atoms with van der Waals surface area (Å²) in [7, 11) is 0. The van der Waals surface area contributed by atoms with E-state index in [1.807, 2.05) is 0 Å². The third kappa shape index (κ3) is 2.56. The van der Waals surface area contributed by atoms with Gasteiger partial charge in [0.05, 0.1) is 12.5 Å². The normalized spacial score (nSPS) is 9.79. The molecule has 2 heteroatoms. The maximum absolute atomic E-state index is 8.49. The molecule has 0 bridgehead atoms. The summed E-state index contributed by atoms with van der Waals surface area (Å²) in [6.45, 7) is 5.14. The molecule has 0 unspecified atom stereocenters. The second kappa shape index (κ2) is 5.39. The van der Waals surface area contributed by atoms with E-state index in [-0.39, 0.29) is 0 Å². The molecule has 0 amide bonds. The Morgan fingerprint density at radius 3 is 2.57 bits per heavy atom. The fourth-order valence-corrected chi connectivity index (χ4v) is 1.60. The first-order valence-electron chi connectivity index (χ1n) is 5.19. The average Bonchev–Trinajstić information content (AvgIpc) is 2.25. The van der Waals surface area contributed by atoms with E-state index in [2.05, 4.69) is 42.9 Å². The van der Waals surface area contributed by atoms with Crippen LogP contribution in [0.15, 0.2) is 18.5 Å². The molecule has 0 N–H and O–H groups in total. The average molecular weight is 189 g/mol. The van der Waals surface area contributed by atoms with Crippen molar-refractivity contribution < 1.29 is 4.57 Å². The van der Waals surface area contributed by atoms with Crippen molar-refractivity contribution >= 4 is 0 Å². The third-order valence-corrected chi connectivity index (χ3v) is 2.44. The minimum absolute atomic E-state index is 0.583. The highest BCUT2D eigenvalue weighted by molar-refractivity contribution is 5.20. The molecule has 1 rings (SSSR count). The van der Waals surface area contributed by atoms with Gasteiger partial charge in [-0.3, -0.25) is 0 Å². The zero-order valence-corrected chi connectivity index (χ0v) is 8.95. The number of hydrogen-bond donors (Lipinski definition) is 0. The molecular formula is C12H17N2+. The Hall–Kier alpha value is -1.36. The summed E-state index contributed by atoms with van der Waals surface area (Å²) in [5.41, 5.74) is 2.81. The smallest absolute Gasteiger partial charge is 0.172 e. The summed E-state index contributed by atoms with van der Waals surface area (Å²) in [4.78, 5) is 0. The number of aromatic nitrogens is 1. The molecule has 0 saturated heterocycles. The highest BCUT2D eigenvalue weighted by Crippen LogP contribution is 2.07. The van der Waals surface area contributed by atoms with Crippen molar-refractivity contribution in [1.82, 2.24) is 0 Å². The van der Waals surface area contributed by atoms with Gasteiger partial charge in [0.25, 0.3) is 0 Å². The molecule has 1 aromatic rings. The van der Waals surface area contributed by atoms with Gasteiger partial charge >= 0.3 is 0 Å². The maximum atomic E-state index is 8.49. The number of hydrogen-bond acceptors (Lipinski definition) is 1. The SMILES string of the molecule is CCc1cc[n+](CCC#N)cc1CC. The summed E-state index contributed by atoms with van der Waals surface area (Å²) in [6, 6.07) is 4.32. The molecule has 0 saturated carbocycles. The lowest BCUT2D eigenvalue weighted by Crippen LogP contribution is -2.33. The third-order valence-electron chi connectivity index (χ3n) is 2.44. The largest absolute Gasteiger partial charge is 0.204 e. The van der Waals surface area contributed by atoms with Crippen molar-refractivity contribution in [2.45, 2.75) is 39.7 Å². The minimum atomic E-state index is 0.583. The quantitative estimate of drug-likeness (QED) is 0.666. The minimum Gasteiger partial charge on any atom is -0.204 e. The monoisotopic (exact) mass is 189 g/mol. The zero-order chi connectivity index (χ0) is 10.4. The van der Waals surface area contributed by atoms with Crippen molar-refractivity contribution in [3.8, 4) is 6.07 Å². The Balaban J connectivity index is 2.85. The molecule has 74 valence electrons. The number of aryl methyl sites for hydroxylation is 3. The van der Waals surface area contributed by atoms with Crippen LogP contribution < -0.4 is 4.57 Å². The van der Waals surface area contributed by atoms with E-state index in [1.165, 1.54) is 11.1 Å². The molecular weight excluding hydrogens is 172 g/mol. The van der Waals surface area contributed by atoms with Gasteiger partial charge in [0.2, 0.25) is 0 Å². The van der Waals surface area contributed by atoms with E-state index < -0.39 is 0 Å². The van der Waals surface area contributed by atoms with Crippen LogP contribution in [0.1, 0.15) is 31.4 Å². The second-order valence-corrected chi connectivity index (χ2v) is 3.35. The van der Waals surface area contributed by atoms with Crippen LogP contribution >= 0.6 is 0 Å². The van der Waals surface area contributed by atoms with Crippen LogP contribution in [0.25, 0.3) is 0 Å². The predicted octanol–water partition coefficient (Wildman–Crippen LogP) is 2.01. The molecule has 0 spiro atoms. The number of rotatable bonds is 4. The number of nitrogens with zero attached hydrogens (tertiary/aromatic N) is 2. The summed E-state index contributed by atoms with van der Waals surface area (Å²) < 4.78 is 2.10. The molecule has 1 aromatic heterocycles. The van der Waals surface area contributed by atoms with Crippen molar-refractivity contribution in [2.24, 2.45) is 0 Å². The summed E-state index contributed by atoms with van der Waals surface area (Å²) in [5.74, 6) is 0. The van der Waals surface area contributed by atoms with Crippen LogP contribution in [0.3, 0.4) is 0 Å². The number of pyridine rings is 1. The standard InChI is InChI=1S/C12H17N2/c1-3-11-6-9-14(8-5-7-13)10-12(11)4-2/h6,9-10H,3-5,8H2,1-2H3/q+1. The second-order valence-electron chi connectivity index (χ2n) is 3.35. The van der Waals surface area contributed by atoms with Crippen LogP contribution in [0.4, 0.5) is 0 Å². The molecule has 0 aliphatic carbocycles. The van der Waals surface area contributed by atoms with E-state index in [4.69, 9.17) is 5.26 Å². The highest BCUT2D eigenvalue weighted by Gasteiger charge is 2.05. The van der Waals surface area contributed by atoms with Gasteiger partial charge in [0.1, 0.15) is 0 Å². The molecule has 14 heavy (non-hydrogen) atoms. The van der Waals surface area contributed by atoms with Crippen molar-refractivity contribution in [2.75, 3.05) is 0 Å². The fraction of sp³-hybridized carbons (Fsp3) is 0.500. The molecule has 0 atom stereocenters. The molecule has 0 aliphatic rings. The predicted molar refractivity (Wildman–Crippen MR) is 55.6 cm³/mol. The summed E-state index contributed by atoms with van der Waals surface area (Å²) in [5, 5.41) is 8.49. The van der Waals surface area contributed by atoms with Gasteiger partial charge in [-0.1, -0.05) is 13.8 Å². The summed E-state index contributed by atoms with van der Waals surface area (Å²) in [6.07, 6.45) is 6.96. The molecule has 0 fully saturated rings.